The van der Waals surface area contributed by atoms with Crippen LogP contribution in [0.5, 0.6) is 0 Å². The van der Waals surface area contributed by atoms with Crippen molar-refractivity contribution in [2.75, 3.05) is 32.1 Å². The van der Waals surface area contributed by atoms with Crippen molar-refractivity contribution in [2.24, 2.45) is 0 Å². The summed E-state index contributed by atoms with van der Waals surface area (Å²) in [5, 5.41) is 7.99. The Hall–Kier alpha value is -2.14. The summed E-state index contributed by atoms with van der Waals surface area (Å²) in [5.41, 5.74) is 0.413. The van der Waals surface area contributed by atoms with Crippen LogP contribution in [0.3, 0.4) is 0 Å². The second-order valence-corrected chi connectivity index (χ2v) is 4.36. The summed E-state index contributed by atoms with van der Waals surface area (Å²) in [6, 6.07) is 9.68. The molecule has 2 N–H and O–H groups in total. The van der Waals surface area contributed by atoms with Gasteiger partial charge in [-0.1, -0.05) is 24.3 Å². The zero-order valence-corrected chi connectivity index (χ0v) is 11.8. The highest BCUT2D eigenvalue weighted by Crippen LogP contribution is 2.22. The van der Waals surface area contributed by atoms with Gasteiger partial charge in [0.05, 0.1) is 6.61 Å². The lowest BCUT2D eigenvalue weighted by Crippen LogP contribution is -2.27. The zero-order chi connectivity index (χ0) is 14.4. The summed E-state index contributed by atoms with van der Waals surface area (Å²) in [4.78, 5) is 16.5. The van der Waals surface area contributed by atoms with E-state index in [2.05, 4.69) is 15.6 Å². The molecule has 20 heavy (non-hydrogen) atoms. The number of aromatic nitrogens is 1. The Labute approximate surface area is 118 Å². The molecule has 1 heterocycles. The van der Waals surface area contributed by atoms with Crippen molar-refractivity contribution in [3.63, 3.8) is 0 Å². The van der Waals surface area contributed by atoms with Crippen molar-refractivity contribution < 1.29 is 9.53 Å². The van der Waals surface area contributed by atoms with Crippen molar-refractivity contribution in [3.8, 4) is 0 Å². The van der Waals surface area contributed by atoms with Crippen molar-refractivity contribution in [2.45, 2.75) is 6.92 Å². The van der Waals surface area contributed by atoms with Crippen molar-refractivity contribution >= 4 is 22.5 Å². The number of ether oxygens (including phenoxy) is 1. The minimum absolute atomic E-state index is 0.188. The van der Waals surface area contributed by atoms with Gasteiger partial charge < -0.3 is 15.4 Å². The van der Waals surface area contributed by atoms with E-state index in [1.165, 1.54) is 0 Å². The van der Waals surface area contributed by atoms with E-state index in [0.717, 1.165) is 23.1 Å². The Morgan fingerprint density at radius 1 is 1.35 bits per heavy atom. The van der Waals surface area contributed by atoms with E-state index in [4.69, 9.17) is 4.74 Å². The number of amides is 1. The molecule has 1 aromatic heterocycles. The number of carbonyl (C=O) groups is 1. The maximum atomic E-state index is 12.1. The third kappa shape index (κ3) is 3.24. The Morgan fingerprint density at radius 3 is 2.90 bits per heavy atom. The fourth-order valence-electron chi connectivity index (χ4n) is 1.97. The number of nitrogens with zero attached hydrogens (tertiary/aromatic N) is 1. The van der Waals surface area contributed by atoms with Gasteiger partial charge in [0.1, 0.15) is 11.5 Å². The van der Waals surface area contributed by atoms with Gasteiger partial charge in [0.25, 0.3) is 5.91 Å². The number of hydrogen-bond acceptors (Lipinski definition) is 4. The Bertz CT molecular complexity index is 599. The highest BCUT2D eigenvalue weighted by molar-refractivity contribution is 6.00. The first-order valence-electron chi connectivity index (χ1n) is 6.67. The second-order valence-electron chi connectivity index (χ2n) is 4.36. The number of fused-ring (bicyclic) bond motifs is 1. The number of hydrogen-bond donors (Lipinski definition) is 2. The molecule has 106 valence electrons. The largest absolute Gasteiger partial charge is 0.383 e. The fraction of sp³-hybridized carbons (Fsp3) is 0.333. The first-order chi connectivity index (χ1) is 9.76. The Balaban J connectivity index is 2.31. The van der Waals surface area contributed by atoms with E-state index in [1.807, 2.05) is 31.2 Å². The predicted octanol–water partition coefficient (Wildman–Crippen LogP) is 2.04. The van der Waals surface area contributed by atoms with E-state index in [0.29, 0.717) is 18.8 Å². The summed E-state index contributed by atoms with van der Waals surface area (Å²) in [6.45, 7) is 3.72. The number of nitrogens with one attached hydrogen (secondary N) is 2. The van der Waals surface area contributed by atoms with Crippen LogP contribution in [0.2, 0.25) is 0 Å². The summed E-state index contributed by atoms with van der Waals surface area (Å²) >= 11 is 0. The van der Waals surface area contributed by atoms with E-state index >= 15 is 0 Å². The molecule has 0 saturated heterocycles. The Kier molecular flexibility index (Phi) is 4.90. The number of rotatable bonds is 6. The van der Waals surface area contributed by atoms with Crippen LogP contribution in [0.4, 0.5) is 5.82 Å². The van der Waals surface area contributed by atoms with Gasteiger partial charge in [0.2, 0.25) is 0 Å². The maximum absolute atomic E-state index is 12.1. The van der Waals surface area contributed by atoms with Crippen LogP contribution >= 0.6 is 0 Å². The number of methoxy groups -OCH3 is 1. The molecule has 1 aromatic carbocycles. The minimum atomic E-state index is -0.188. The fourth-order valence-corrected chi connectivity index (χ4v) is 1.97. The van der Waals surface area contributed by atoms with Gasteiger partial charge in [-0.3, -0.25) is 4.79 Å². The van der Waals surface area contributed by atoms with Crippen molar-refractivity contribution in [1.82, 2.24) is 10.3 Å². The summed E-state index contributed by atoms with van der Waals surface area (Å²) in [6.07, 6.45) is 0. The number of pyridine rings is 1. The average Bonchev–Trinajstić information content (AvgIpc) is 2.47. The van der Waals surface area contributed by atoms with Crippen LogP contribution in [-0.2, 0) is 4.74 Å². The topological polar surface area (TPSA) is 63.2 Å². The molecule has 0 atom stereocenters. The lowest BCUT2D eigenvalue weighted by Gasteiger charge is -2.10. The lowest BCUT2D eigenvalue weighted by molar-refractivity contribution is 0.0932. The summed E-state index contributed by atoms with van der Waals surface area (Å²) in [5.74, 6) is 0.550. The minimum Gasteiger partial charge on any atom is -0.383 e. The molecule has 0 saturated carbocycles. The van der Waals surface area contributed by atoms with E-state index in [1.54, 1.807) is 13.2 Å². The highest BCUT2D eigenvalue weighted by atomic mass is 16.5. The summed E-state index contributed by atoms with van der Waals surface area (Å²) < 4.78 is 4.91. The molecule has 2 aromatic rings. The molecule has 0 radical (unpaired) electrons. The van der Waals surface area contributed by atoms with Crippen LogP contribution in [0, 0.1) is 0 Å². The van der Waals surface area contributed by atoms with Crippen LogP contribution in [0.1, 0.15) is 17.4 Å². The third-order valence-corrected chi connectivity index (χ3v) is 2.91. The third-order valence-electron chi connectivity index (χ3n) is 2.91. The van der Waals surface area contributed by atoms with Gasteiger partial charge in [-0.25, -0.2) is 4.98 Å². The highest BCUT2D eigenvalue weighted by Gasteiger charge is 2.11. The molecule has 0 aliphatic heterocycles. The molecule has 5 nitrogen and oxygen atoms in total. The molecule has 1 amide bonds. The normalized spacial score (nSPS) is 10.5. The average molecular weight is 273 g/mol. The molecule has 0 aliphatic carbocycles. The molecule has 0 bridgehead atoms. The van der Waals surface area contributed by atoms with Crippen LogP contribution in [0.25, 0.3) is 10.8 Å². The lowest BCUT2D eigenvalue weighted by atomic mass is 10.1. The predicted molar refractivity (Wildman–Crippen MR) is 80.1 cm³/mol. The van der Waals surface area contributed by atoms with Gasteiger partial charge >= 0.3 is 0 Å². The number of anilines is 1. The standard InChI is InChI=1S/C15H19N3O2/c1-3-16-14-12-7-5-4-6-11(12)10-13(18-14)15(19)17-8-9-20-2/h4-7,10H,3,8-9H2,1-2H3,(H,16,18)(H,17,19). The number of carbonyl (C=O) groups excluding carboxylic acids is 1. The van der Waals surface area contributed by atoms with Crippen molar-refractivity contribution in [3.05, 3.63) is 36.0 Å². The molecule has 0 unspecified atom stereocenters. The first kappa shape index (κ1) is 14.3. The van der Waals surface area contributed by atoms with Crippen molar-refractivity contribution in [1.29, 1.82) is 0 Å². The second kappa shape index (κ2) is 6.86. The van der Waals surface area contributed by atoms with E-state index < -0.39 is 0 Å². The SMILES string of the molecule is CCNc1nc(C(=O)NCCOC)cc2ccccc12. The first-order valence-corrected chi connectivity index (χ1v) is 6.67. The van der Waals surface area contributed by atoms with Gasteiger partial charge in [-0.15, -0.1) is 0 Å². The maximum Gasteiger partial charge on any atom is 0.270 e. The van der Waals surface area contributed by atoms with Gasteiger partial charge in [0.15, 0.2) is 0 Å². The molecular weight excluding hydrogens is 254 g/mol. The zero-order valence-electron chi connectivity index (χ0n) is 11.8. The van der Waals surface area contributed by atoms with Gasteiger partial charge in [-0.05, 0) is 18.4 Å². The Morgan fingerprint density at radius 2 is 2.15 bits per heavy atom. The van der Waals surface area contributed by atoms with E-state index in [-0.39, 0.29) is 5.91 Å². The monoisotopic (exact) mass is 273 g/mol. The summed E-state index contributed by atoms with van der Waals surface area (Å²) in [7, 11) is 1.60. The van der Waals surface area contributed by atoms with Gasteiger partial charge in [0, 0.05) is 25.6 Å². The van der Waals surface area contributed by atoms with Crippen LogP contribution in [-0.4, -0.2) is 37.7 Å². The quantitative estimate of drug-likeness (QED) is 0.791. The van der Waals surface area contributed by atoms with Crippen LogP contribution in [0.15, 0.2) is 30.3 Å². The van der Waals surface area contributed by atoms with E-state index in [9.17, 15) is 4.79 Å². The molecule has 0 fully saturated rings. The molecule has 0 spiro atoms. The molecule has 5 heteroatoms. The smallest absolute Gasteiger partial charge is 0.270 e. The van der Waals surface area contributed by atoms with Gasteiger partial charge in [-0.2, -0.15) is 0 Å². The van der Waals surface area contributed by atoms with Crippen LogP contribution < -0.4 is 10.6 Å². The molecular formula is C15H19N3O2. The molecule has 2 rings (SSSR count). The number of benzene rings is 1. The molecule has 0 aliphatic rings.